The molecule has 4 rings (SSSR count). The second-order valence-corrected chi connectivity index (χ2v) is 6.46. The Morgan fingerprint density at radius 1 is 1.24 bits per heavy atom. The first-order chi connectivity index (χ1) is 10.3. The van der Waals surface area contributed by atoms with Gasteiger partial charge < -0.3 is 9.73 Å². The van der Waals surface area contributed by atoms with Crippen molar-refractivity contribution in [3.8, 4) is 0 Å². The Hall–Kier alpha value is -1.77. The van der Waals surface area contributed by atoms with Crippen LogP contribution in [0.5, 0.6) is 0 Å². The zero-order chi connectivity index (χ0) is 14.2. The first-order valence-corrected chi connectivity index (χ1v) is 8.09. The molecule has 1 aromatic heterocycles. The average Bonchev–Trinajstić information content (AvgIpc) is 3.19. The number of rotatable bonds is 5. The summed E-state index contributed by atoms with van der Waals surface area (Å²) in [6, 6.07) is 6.55. The Morgan fingerprint density at radius 3 is 2.81 bits per heavy atom. The van der Waals surface area contributed by atoms with E-state index in [-0.39, 0.29) is 11.8 Å². The van der Waals surface area contributed by atoms with E-state index in [4.69, 9.17) is 4.42 Å². The van der Waals surface area contributed by atoms with E-state index in [9.17, 15) is 4.79 Å². The van der Waals surface area contributed by atoms with Crippen molar-refractivity contribution in [1.82, 2.24) is 5.32 Å². The van der Waals surface area contributed by atoms with Gasteiger partial charge in [0.15, 0.2) is 0 Å². The molecular weight excluding hydrogens is 262 g/mol. The Labute approximate surface area is 124 Å². The molecule has 3 nitrogen and oxygen atoms in total. The molecule has 2 aliphatic rings. The number of carbonyl (C=O) groups excluding carboxylic acids is 1. The van der Waals surface area contributed by atoms with Crippen molar-refractivity contribution in [1.29, 1.82) is 0 Å². The van der Waals surface area contributed by atoms with E-state index >= 15 is 0 Å². The van der Waals surface area contributed by atoms with Gasteiger partial charge in [0.25, 0.3) is 0 Å². The molecule has 2 fully saturated rings. The first-order valence-electron chi connectivity index (χ1n) is 8.09. The molecule has 21 heavy (non-hydrogen) atoms. The summed E-state index contributed by atoms with van der Waals surface area (Å²) >= 11 is 0. The van der Waals surface area contributed by atoms with Gasteiger partial charge in [0.2, 0.25) is 5.91 Å². The van der Waals surface area contributed by atoms with Crippen LogP contribution < -0.4 is 5.32 Å². The molecule has 1 aromatic carbocycles. The number of fused-ring (bicyclic) bond motifs is 1. The number of hydrogen-bond donors (Lipinski definition) is 1. The predicted molar refractivity (Wildman–Crippen MR) is 82.2 cm³/mol. The van der Waals surface area contributed by atoms with Crippen LogP contribution >= 0.6 is 0 Å². The lowest BCUT2D eigenvalue weighted by Crippen LogP contribution is -2.35. The fourth-order valence-corrected chi connectivity index (χ4v) is 3.10. The number of amides is 1. The fourth-order valence-electron chi connectivity index (χ4n) is 3.10. The minimum Gasteiger partial charge on any atom is -0.464 e. The Morgan fingerprint density at radius 2 is 2.10 bits per heavy atom. The van der Waals surface area contributed by atoms with Crippen molar-refractivity contribution < 1.29 is 9.21 Å². The molecule has 0 bridgehead atoms. The third-order valence-electron chi connectivity index (χ3n) is 4.90. The van der Waals surface area contributed by atoms with E-state index in [1.54, 1.807) is 0 Å². The molecule has 2 aromatic rings. The first kappa shape index (κ1) is 12.9. The van der Waals surface area contributed by atoms with Gasteiger partial charge in [-0.05, 0) is 61.3 Å². The second kappa shape index (κ2) is 5.21. The molecular formula is C18H21NO2. The van der Waals surface area contributed by atoms with Crippen molar-refractivity contribution in [2.75, 3.05) is 6.54 Å². The van der Waals surface area contributed by atoms with Crippen LogP contribution in [0.1, 0.15) is 49.1 Å². The lowest BCUT2D eigenvalue weighted by atomic mass is 9.85. The molecule has 3 heteroatoms. The topological polar surface area (TPSA) is 42.2 Å². The Balaban J connectivity index is 1.43. The molecule has 0 atom stereocenters. The number of carbonyl (C=O) groups is 1. The van der Waals surface area contributed by atoms with Crippen molar-refractivity contribution in [2.24, 2.45) is 5.92 Å². The van der Waals surface area contributed by atoms with Crippen molar-refractivity contribution in [3.05, 3.63) is 35.6 Å². The van der Waals surface area contributed by atoms with Crippen LogP contribution in [0.2, 0.25) is 0 Å². The van der Waals surface area contributed by atoms with E-state index in [1.165, 1.54) is 35.8 Å². The molecule has 1 heterocycles. The van der Waals surface area contributed by atoms with Gasteiger partial charge in [0.1, 0.15) is 5.58 Å². The molecule has 1 N–H and O–H groups in total. The lowest BCUT2D eigenvalue weighted by molar-refractivity contribution is -0.127. The molecule has 1 amide bonds. The fraction of sp³-hybridized carbons (Fsp3) is 0.500. The van der Waals surface area contributed by atoms with Gasteiger partial charge in [-0.15, -0.1) is 0 Å². The highest BCUT2D eigenvalue weighted by atomic mass is 16.3. The monoisotopic (exact) mass is 283 g/mol. The lowest BCUT2D eigenvalue weighted by Gasteiger charge is -2.23. The van der Waals surface area contributed by atoms with E-state index < -0.39 is 0 Å². The van der Waals surface area contributed by atoms with Gasteiger partial charge in [-0.3, -0.25) is 4.79 Å². The van der Waals surface area contributed by atoms with Crippen LogP contribution in [0.3, 0.4) is 0 Å². The maximum atomic E-state index is 11.8. The number of benzene rings is 1. The van der Waals surface area contributed by atoms with Crippen LogP contribution in [-0.2, 0) is 11.2 Å². The highest BCUT2D eigenvalue weighted by Gasteiger charge is 2.25. The summed E-state index contributed by atoms with van der Waals surface area (Å²) in [6.07, 6.45) is 8.65. The molecule has 2 aliphatic carbocycles. The van der Waals surface area contributed by atoms with Gasteiger partial charge in [0.05, 0.1) is 6.26 Å². The average molecular weight is 283 g/mol. The minimum absolute atomic E-state index is 0.229. The Bertz CT molecular complexity index is 665. The minimum atomic E-state index is 0.229. The molecule has 0 aliphatic heterocycles. The van der Waals surface area contributed by atoms with Crippen molar-refractivity contribution in [3.63, 3.8) is 0 Å². The van der Waals surface area contributed by atoms with E-state index in [0.29, 0.717) is 6.54 Å². The van der Waals surface area contributed by atoms with Crippen LogP contribution in [-0.4, -0.2) is 12.5 Å². The summed E-state index contributed by atoms with van der Waals surface area (Å²) in [5.41, 5.74) is 3.60. The van der Waals surface area contributed by atoms with Crippen LogP contribution in [0.25, 0.3) is 11.0 Å². The summed E-state index contributed by atoms with van der Waals surface area (Å²) in [5, 5.41) is 4.28. The third kappa shape index (κ3) is 2.57. The summed E-state index contributed by atoms with van der Waals surface area (Å²) in [7, 11) is 0. The largest absolute Gasteiger partial charge is 0.464 e. The van der Waals surface area contributed by atoms with E-state index in [0.717, 1.165) is 30.8 Å². The zero-order valence-corrected chi connectivity index (χ0v) is 12.2. The summed E-state index contributed by atoms with van der Waals surface area (Å²) in [6.45, 7) is 0.706. The predicted octanol–water partition coefficient (Wildman–Crippen LogP) is 3.77. The molecule has 0 spiro atoms. The van der Waals surface area contributed by atoms with E-state index in [2.05, 4.69) is 23.5 Å². The number of furan rings is 1. The molecule has 0 unspecified atom stereocenters. The normalized spacial score (nSPS) is 18.7. The SMILES string of the molecule is O=C(NCCc1coc2ccc(C3CC3)cc12)C1CCC1. The summed E-state index contributed by atoms with van der Waals surface area (Å²) < 4.78 is 5.63. The van der Waals surface area contributed by atoms with Crippen LogP contribution in [0.15, 0.2) is 28.9 Å². The quantitative estimate of drug-likeness (QED) is 0.907. The maximum absolute atomic E-state index is 11.8. The second-order valence-electron chi connectivity index (χ2n) is 6.46. The molecule has 110 valence electrons. The standard InChI is InChI=1S/C18H21NO2/c20-18(13-2-1-3-13)19-9-8-15-11-21-17-7-6-14(10-16(15)17)12-4-5-12/h6-7,10-13H,1-5,8-9H2,(H,19,20). The van der Waals surface area contributed by atoms with E-state index in [1.807, 2.05) is 6.26 Å². The van der Waals surface area contributed by atoms with Gasteiger partial charge in [0, 0.05) is 17.8 Å². The maximum Gasteiger partial charge on any atom is 0.223 e. The molecule has 0 saturated heterocycles. The van der Waals surface area contributed by atoms with Gasteiger partial charge in [-0.25, -0.2) is 0 Å². The van der Waals surface area contributed by atoms with Crippen LogP contribution in [0.4, 0.5) is 0 Å². The van der Waals surface area contributed by atoms with Crippen LogP contribution in [0, 0.1) is 5.92 Å². The zero-order valence-electron chi connectivity index (χ0n) is 12.2. The van der Waals surface area contributed by atoms with Gasteiger partial charge in [-0.2, -0.15) is 0 Å². The summed E-state index contributed by atoms with van der Waals surface area (Å²) in [4.78, 5) is 11.8. The van der Waals surface area contributed by atoms with Gasteiger partial charge in [-0.1, -0.05) is 12.5 Å². The molecule has 2 saturated carbocycles. The third-order valence-corrected chi connectivity index (χ3v) is 4.90. The number of nitrogens with one attached hydrogen (secondary N) is 1. The smallest absolute Gasteiger partial charge is 0.223 e. The number of hydrogen-bond acceptors (Lipinski definition) is 2. The Kier molecular flexibility index (Phi) is 3.21. The molecule has 0 radical (unpaired) electrons. The highest BCUT2D eigenvalue weighted by molar-refractivity contribution is 5.82. The van der Waals surface area contributed by atoms with Gasteiger partial charge >= 0.3 is 0 Å². The van der Waals surface area contributed by atoms with Crippen molar-refractivity contribution >= 4 is 16.9 Å². The highest BCUT2D eigenvalue weighted by Crippen LogP contribution is 2.41. The summed E-state index contributed by atoms with van der Waals surface area (Å²) in [5.74, 6) is 1.26. The van der Waals surface area contributed by atoms with Crippen molar-refractivity contribution in [2.45, 2.75) is 44.4 Å².